The number of halogens is 1. The third-order valence-electron chi connectivity index (χ3n) is 3.40. The van der Waals surface area contributed by atoms with Gasteiger partial charge in [0.25, 0.3) is 0 Å². The molecule has 8 nitrogen and oxygen atoms in total. The van der Waals surface area contributed by atoms with Crippen LogP contribution in [0.5, 0.6) is 0 Å². The van der Waals surface area contributed by atoms with Crippen LogP contribution in [0.2, 0.25) is 0 Å². The Bertz CT molecular complexity index is 595. The molecule has 0 radical (unpaired) electrons. The second-order valence-corrected chi connectivity index (χ2v) is 6.29. The fourth-order valence-electron chi connectivity index (χ4n) is 2.38. The number of hydrogen-bond donors (Lipinski definition) is 0. The molecule has 2 rings (SSSR count). The number of rotatable bonds is 2. The fourth-order valence-corrected chi connectivity index (χ4v) is 2.38. The zero-order chi connectivity index (χ0) is 16.7. The summed E-state index contributed by atoms with van der Waals surface area (Å²) in [5.74, 6) is 0. The SMILES string of the molecule is Cc1c([N+](=O)[O-])cnn1C1CN(C(=O)OC(C)(C)C)CC1F. The molecular weight excluding hydrogens is 295 g/mol. The molecule has 1 aliphatic rings. The van der Waals surface area contributed by atoms with Gasteiger partial charge in [-0.25, -0.2) is 9.18 Å². The van der Waals surface area contributed by atoms with Crippen molar-refractivity contribution in [2.75, 3.05) is 13.1 Å². The van der Waals surface area contributed by atoms with Gasteiger partial charge in [-0.3, -0.25) is 14.8 Å². The van der Waals surface area contributed by atoms with Gasteiger partial charge in [0, 0.05) is 6.54 Å². The topological polar surface area (TPSA) is 90.5 Å². The van der Waals surface area contributed by atoms with E-state index in [-0.39, 0.29) is 24.5 Å². The maximum absolute atomic E-state index is 14.2. The van der Waals surface area contributed by atoms with Crippen molar-refractivity contribution in [3.05, 3.63) is 22.0 Å². The van der Waals surface area contributed by atoms with Gasteiger partial charge in [0.2, 0.25) is 0 Å². The quantitative estimate of drug-likeness (QED) is 0.616. The number of carbonyl (C=O) groups is 1. The first-order valence-electron chi connectivity index (χ1n) is 6.90. The lowest BCUT2D eigenvalue weighted by atomic mass is 10.2. The minimum Gasteiger partial charge on any atom is -0.444 e. The zero-order valence-electron chi connectivity index (χ0n) is 12.9. The van der Waals surface area contributed by atoms with E-state index in [0.717, 1.165) is 6.20 Å². The van der Waals surface area contributed by atoms with Gasteiger partial charge in [0.15, 0.2) is 0 Å². The molecule has 2 heterocycles. The smallest absolute Gasteiger partial charge is 0.410 e. The second kappa shape index (κ2) is 5.54. The zero-order valence-corrected chi connectivity index (χ0v) is 12.9. The van der Waals surface area contributed by atoms with Crippen LogP contribution in [0.4, 0.5) is 14.9 Å². The van der Waals surface area contributed by atoms with E-state index in [4.69, 9.17) is 4.74 Å². The molecule has 1 amide bonds. The standard InChI is InChI=1S/C13H19FN4O4/c1-8-10(18(20)21)5-15-17(8)11-7-16(6-9(11)14)12(19)22-13(2,3)4/h5,9,11H,6-7H2,1-4H3. The van der Waals surface area contributed by atoms with Crippen LogP contribution in [0, 0.1) is 17.0 Å². The molecule has 9 heteroatoms. The minimum atomic E-state index is -1.36. The molecule has 22 heavy (non-hydrogen) atoms. The van der Waals surface area contributed by atoms with Crippen LogP contribution >= 0.6 is 0 Å². The lowest BCUT2D eigenvalue weighted by Crippen LogP contribution is -2.35. The first-order chi connectivity index (χ1) is 10.1. The van der Waals surface area contributed by atoms with E-state index in [9.17, 15) is 19.3 Å². The summed E-state index contributed by atoms with van der Waals surface area (Å²) < 4.78 is 20.7. The molecule has 1 saturated heterocycles. The van der Waals surface area contributed by atoms with E-state index >= 15 is 0 Å². The minimum absolute atomic E-state index is 0.0652. The molecule has 0 aliphatic carbocycles. The molecular formula is C13H19FN4O4. The van der Waals surface area contributed by atoms with Crippen LogP contribution in [-0.2, 0) is 4.74 Å². The Morgan fingerprint density at radius 2 is 2.14 bits per heavy atom. The highest BCUT2D eigenvalue weighted by atomic mass is 19.1. The molecule has 0 spiro atoms. The number of nitrogens with zero attached hydrogens (tertiary/aromatic N) is 4. The van der Waals surface area contributed by atoms with Gasteiger partial charge in [-0.05, 0) is 27.7 Å². The summed E-state index contributed by atoms with van der Waals surface area (Å²) in [6.07, 6.45) is -0.860. The van der Waals surface area contributed by atoms with Gasteiger partial charge < -0.3 is 9.64 Å². The number of likely N-dealkylation sites (tertiary alicyclic amines) is 1. The van der Waals surface area contributed by atoms with E-state index in [1.807, 2.05) is 0 Å². The van der Waals surface area contributed by atoms with Gasteiger partial charge in [-0.15, -0.1) is 0 Å². The predicted molar refractivity (Wildman–Crippen MR) is 75.4 cm³/mol. The van der Waals surface area contributed by atoms with E-state index in [1.165, 1.54) is 16.5 Å². The van der Waals surface area contributed by atoms with Crippen LogP contribution in [0.25, 0.3) is 0 Å². The van der Waals surface area contributed by atoms with Crippen LogP contribution < -0.4 is 0 Å². The van der Waals surface area contributed by atoms with Crippen molar-refractivity contribution in [3.63, 3.8) is 0 Å². The number of nitro groups is 1. The first kappa shape index (κ1) is 16.2. The molecule has 0 saturated carbocycles. The molecule has 1 aromatic rings. The van der Waals surface area contributed by atoms with Gasteiger partial charge in [0.05, 0.1) is 11.5 Å². The Balaban J connectivity index is 2.15. The first-order valence-corrected chi connectivity index (χ1v) is 6.90. The highest BCUT2D eigenvalue weighted by Gasteiger charge is 2.40. The highest BCUT2D eigenvalue weighted by Crippen LogP contribution is 2.29. The van der Waals surface area contributed by atoms with Crippen molar-refractivity contribution in [2.24, 2.45) is 0 Å². The van der Waals surface area contributed by atoms with Crippen LogP contribution in [0.1, 0.15) is 32.5 Å². The predicted octanol–water partition coefficient (Wildman–Crippen LogP) is 2.23. The molecule has 2 atom stereocenters. The summed E-state index contributed by atoms with van der Waals surface area (Å²) in [5.41, 5.74) is -0.562. The van der Waals surface area contributed by atoms with Gasteiger partial charge in [-0.1, -0.05) is 0 Å². The summed E-state index contributed by atoms with van der Waals surface area (Å²) in [6, 6.07) is -0.749. The van der Waals surface area contributed by atoms with E-state index in [2.05, 4.69) is 5.10 Å². The highest BCUT2D eigenvalue weighted by molar-refractivity contribution is 5.68. The Labute approximate surface area is 127 Å². The number of amides is 1. The molecule has 1 aromatic heterocycles. The Kier molecular flexibility index (Phi) is 4.08. The number of carbonyl (C=O) groups excluding carboxylic acids is 1. The molecule has 0 bridgehead atoms. The molecule has 122 valence electrons. The van der Waals surface area contributed by atoms with Crippen molar-refractivity contribution >= 4 is 11.8 Å². The third-order valence-corrected chi connectivity index (χ3v) is 3.40. The maximum atomic E-state index is 14.2. The summed E-state index contributed by atoms with van der Waals surface area (Å²) in [6.45, 7) is 6.64. The summed E-state index contributed by atoms with van der Waals surface area (Å²) in [5, 5.41) is 14.7. The van der Waals surface area contributed by atoms with Crippen molar-refractivity contribution in [1.82, 2.24) is 14.7 Å². The van der Waals surface area contributed by atoms with Gasteiger partial charge in [-0.2, -0.15) is 5.10 Å². The second-order valence-electron chi connectivity index (χ2n) is 6.29. The van der Waals surface area contributed by atoms with Crippen molar-refractivity contribution < 1.29 is 18.8 Å². The summed E-state index contributed by atoms with van der Waals surface area (Å²) >= 11 is 0. The molecule has 0 N–H and O–H groups in total. The van der Waals surface area contributed by atoms with Gasteiger partial charge in [0.1, 0.15) is 29.7 Å². The Morgan fingerprint density at radius 3 is 2.64 bits per heavy atom. The number of aromatic nitrogens is 2. The molecule has 0 aromatic carbocycles. The number of ether oxygens (including phenoxy) is 1. The number of alkyl halides is 1. The summed E-state index contributed by atoms with van der Waals surface area (Å²) in [7, 11) is 0. The van der Waals surface area contributed by atoms with Crippen LogP contribution in [0.15, 0.2) is 6.20 Å². The largest absolute Gasteiger partial charge is 0.444 e. The molecule has 1 aliphatic heterocycles. The van der Waals surface area contributed by atoms with Crippen LogP contribution in [0.3, 0.4) is 0 Å². The summed E-state index contributed by atoms with van der Waals surface area (Å²) in [4.78, 5) is 23.5. The lowest BCUT2D eigenvalue weighted by Gasteiger charge is -2.24. The average molecular weight is 314 g/mol. The normalized spacial score (nSPS) is 22.0. The van der Waals surface area contributed by atoms with Crippen molar-refractivity contribution in [2.45, 2.75) is 45.5 Å². The van der Waals surface area contributed by atoms with E-state index < -0.39 is 28.8 Å². The third kappa shape index (κ3) is 3.18. The van der Waals surface area contributed by atoms with Crippen LogP contribution in [-0.4, -0.2) is 50.6 Å². The van der Waals surface area contributed by atoms with Gasteiger partial charge >= 0.3 is 11.8 Å². The monoisotopic (exact) mass is 314 g/mol. The average Bonchev–Trinajstić information content (AvgIpc) is 2.90. The fraction of sp³-hybridized carbons (Fsp3) is 0.692. The molecule has 1 fully saturated rings. The van der Waals surface area contributed by atoms with E-state index in [1.54, 1.807) is 20.8 Å². The number of hydrogen-bond acceptors (Lipinski definition) is 5. The lowest BCUT2D eigenvalue weighted by molar-refractivity contribution is -0.385. The van der Waals surface area contributed by atoms with Crippen molar-refractivity contribution in [3.8, 4) is 0 Å². The van der Waals surface area contributed by atoms with Crippen molar-refractivity contribution in [1.29, 1.82) is 0 Å². The Morgan fingerprint density at radius 1 is 1.50 bits per heavy atom. The maximum Gasteiger partial charge on any atom is 0.410 e. The Hall–Kier alpha value is -2.19. The molecule has 2 unspecified atom stereocenters. The van der Waals surface area contributed by atoms with E-state index in [0.29, 0.717) is 0 Å².